The topological polar surface area (TPSA) is 0 Å². The molecule has 3 aromatic carbocycles. The number of hydrogen-bond acceptors (Lipinski definition) is 0. The van der Waals surface area contributed by atoms with Crippen LogP contribution in [0.25, 0.3) is 0 Å². The molecule has 0 aliphatic rings. The summed E-state index contributed by atoms with van der Waals surface area (Å²) in [5.41, 5.74) is 0. The van der Waals surface area contributed by atoms with Crippen LogP contribution in [0.4, 0.5) is 0 Å². The summed E-state index contributed by atoms with van der Waals surface area (Å²) in [5, 5.41) is 4.31. The van der Waals surface area contributed by atoms with Crippen molar-refractivity contribution in [3.63, 3.8) is 0 Å². The van der Waals surface area contributed by atoms with E-state index in [4.69, 9.17) is 19.4 Å². The third-order valence-electron chi connectivity index (χ3n) is 4.83. The predicted molar refractivity (Wildman–Crippen MR) is 146 cm³/mol. The van der Waals surface area contributed by atoms with Crippen molar-refractivity contribution in [1.82, 2.24) is 0 Å². The van der Waals surface area contributed by atoms with E-state index in [9.17, 15) is 0 Å². The van der Waals surface area contributed by atoms with E-state index < -0.39 is 7.92 Å². The van der Waals surface area contributed by atoms with Gasteiger partial charge in [-0.15, -0.1) is 0 Å². The van der Waals surface area contributed by atoms with Gasteiger partial charge in [0.1, 0.15) is 15.9 Å². The minimum absolute atomic E-state index is 0.346. The first kappa shape index (κ1) is 29.3. The first-order chi connectivity index (χ1) is 15.5. The smallest absolute Gasteiger partial charge is 0.0620 e. The molecule has 0 N–H and O–H groups in total. The SMILES string of the molecule is [CH2-]C(C)CCCCC([CH2-])C.[Cl][Ru+2][Cl].c1ccc([PH+](c2ccccc2)c2ccccc2)cc1. The molecule has 0 amide bonds. The van der Waals surface area contributed by atoms with Crippen molar-refractivity contribution in [1.29, 1.82) is 0 Å². The van der Waals surface area contributed by atoms with Gasteiger partial charge in [-0.25, -0.2) is 0 Å². The molecule has 0 heterocycles. The van der Waals surface area contributed by atoms with Crippen molar-refractivity contribution in [2.24, 2.45) is 11.8 Å². The van der Waals surface area contributed by atoms with Gasteiger partial charge in [0.05, 0.1) is 7.92 Å². The van der Waals surface area contributed by atoms with E-state index in [-0.39, 0.29) is 15.1 Å². The van der Waals surface area contributed by atoms with E-state index in [0.29, 0.717) is 11.8 Å². The summed E-state index contributed by atoms with van der Waals surface area (Å²) in [6.45, 7) is 12.2. The molecule has 0 aliphatic carbocycles. The zero-order valence-electron chi connectivity index (χ0n) is 19.2. The molecular formula is C28H36Cl2PRu+. The summed E-state index contributed by atoms with van der Waals surface area (Å²) in [7, 11) is 8.83. The Hall–Kier alpha value is -0.707. The van der Waals surface area contributed by atoms with Gasteiger partial charge < -0.3 is 13.8 Å². The van der Waals surface area contributed by atoms with E-state index in [1.54, 1.807) is 0 Å². The number of halogens is 2. The summed E-state index contributed by atoms with van der Waals surface area (Å²) in [6.07, 6.45) is 5.19. The Morgan fingerprint density at radius 1 is 0.625 bits per heavy atom. The maximum Gasteiger partial charge on any atom is 0.102 e. The zero-order valence-corrected chi connectivity index (χ0v) is 23.4. The van der Waals surface area contributed by atoms with Gasteiger partial charge in [-0.2, -0.15) is 11.8 Å². The average Bonchev–Trinajstić information content (AvgIpc) is 2.80. The molecule has 0 bridgehead atoms. The first-order valence-corrected chi connectivity index (χ1v) is 17.0. The van der Waals surface area contributed by atoms with E-state index in [1.807, 2.05) is 0 Å². The van der Waals surface area contributed by atoms with Crippen molar-refractivity contribution in [3.8, 4) is 0 Å². The Balaban J connectivity index is 0.000000335. The van der Waals surface area contributed by atoms with Crippen molar-refractivity contribution in [2.45, 2.75) is 39.5 Å². The number of unbranched alkanes of at least 4 members (excludes halogenated alkanes) is 1. The van der Waals surface area contributed by atoms with E-state index in [0.717, 1.165) is 0 Å². The maximum absolute atomic E-state index is 4.85. The van der Waals surface area contributed by atoms with Gasteiger partial charge in [0, 0.05) is 0 Å². The fourth-order valence-corrected chi connectivity index (χ4v) is 5.88. The molecule has 3 rings (SSSR count). The summed E-state index contributed by atoms with van der Waals surface area (Å²) in [6, 6.07) is 32.5. The molecule has 174 valence electrons. The molecule has 0 aromatic heterocycles. The summed E-state index contributed by atoms with van der Waals surface area (Å²) in [5.74, 6) is 1.25. The fourth-order valence-electron chi connectivity index (χ4n) is 3.30. The largest absolute Gasteiger partial charge is 0.102 e. The molecule has 0 spiro atoms. The molecular weight excluding hydrogens is 539 g/mol. The quantitative estimate of drug-likeness (QED) is 0.110. The Morgan fingerprint density at radius 2 is 0.875 bits per heavy atom. The van der Waals surface area contributed by atoms with Crippen LogP contribution in [0.15, 0.2) is 91.0 Å². The van der Waals surface area contributed by atoms with Gasteiger partial charge in [0.2, 0.25) is 0 Å². The summed E-state index contributed by atoms with van der Waals surface area (Å²) < 4.78 is 0. The third kappa shape index (κ3) is 13.1. The van der Waals surface area contributed by atoms with E-state index >= 15 is 0 Å². The maximum atomic E-state index is 4.85. The van der Waals surface area contributed by atoms with Crippen LogP contribution in [0.2, 0.25) is 0 Å². The van der Waals surface area contributed by atoms with Crippen LogP contribution in [0, 0.1) is 25.7 Å². The van der Waals surface area contributed by atoms with Crippen molar-refractivity contribution in [2.75, 3.05) is 0 Å². The second kappa shape index (κ2) is 18.7. The van der Waals surface area contributed by atoms with Crippen LogP contribution < -0.4 is 15.9 Å². The van der Waals surface area contributed by atoms with Crippen LogP contribution in [0.5, 0.6) is 0 Å². The molecule has 4 heteroatoms. The first-order valence-electron chi connectivity index (χ1n) is 11.0. The summed E-state index contributed by atoms with van der Waals surface area (Å²) >= 11 is -0.346. The van der Waals surface area contributed by atoms with Gasteiger partial charge in [0.15, 0.2) is 0 Å². The molecule has 2 atom stereocenters. The van der Waals surface area contributed by atoms with Gasteiger partial charge in [0.25, 0.3) is 0 Å². The van der Waals surface area contributed by atoms with Gasteiger partial charge >= 0.3 is 34.5 Å². The minimum atomic E-state index is -0.877. The molecule has 0 aliphatic heterocycles. The molecule has 0 fully saturated rings. The van der Waals surface area contributed by atoms with Gasteiger partial charge in [-0.1, -0.05) is 94.1 Å². The van der Waals surface area contributed by atoms with Crippen molar-refractivity contribution in [3.05, 3.63) is 105 Å². The zero-order chi connectivity index (χ0) is 23.6. The average molecular weight is 576 g/mol. The Kier molecular flexibility index (Phi) is 17.1. The van der Waals surface area contributed by atoms with Gasteiger partial charge in [-0.3, -0.25) is 0 Å². The Labute approximate surface area is 213 Å². The molecule has 3 aromatic rings. The molecule has 32 heavy (non-hydrogen) atoms. The monoisotopic (exact) mass is 575 g/mol. The molecule has 0 radical (unpaired) electrons. The van der Waals surface area contributed by atoms with Crippen LogP contribution in [-0.2, 0) is 15.1 Å². The Morgan fingerprint density at radius 3 is 1.09 bits per heavy atom. The summed E-state index contributed by atoms with van der Waals surface area (Å²) in [4.78, 5) is 0. The fraction of sp³-hybridized carbons (Fsp3) is 0.286. The number of hydrogen-bond donors (Lipinski definition) is 0. The molecule has 0 nitrogen and oxygen atoms in total. The molecule has 0 saturated carbocycles. The standard InChI is InChI=1S/C18H15P.C10H20.2ClH.Ru/c1-4-10-16(11-5-1)19(17-12-6-2-7-13-17)18-14-8-3-9-15-18;1-9(2)7-5-6-8-10(3)4;;;/h1-15H;9-10H,1,3,5-8H2,2,4H3;2*1H;/q;-2;;;+4/p-1. The van der Waals surface area contributed by atoms with E-state index in [2.05, 4.69) is 119 Å². The second-order valence-electron chi connectivity index (χ2n) is 8.02. The molecule has 2 unspecified atom stereocenters. The van der Waals surface area contributed by atoms with Crippen LogP contribution in [-0.4, -0.2) is 0 Å². The second-order valence-corrected chi connectivity index (χ2v) is 13.1. The van der Waals surface area contributed by atoms with Gasteiger partial charge in [-0.05, 0) is 36.4 Å². The van der Waals surface area contributed by atoms with Crippen LogP contribution in [0.1, 0.15) is 39.5 Å². The van der Waals surface area contributed by atoms with Crippen molar-refractivity contribution >= 4 is 43.2 Å². The van der Waals surface area contributed by atoms with Crippen LogP contribution in [0.3, 0.4) is 0 Å². The van der Waals surface area contributed by atoms with E-state index in [1.165, 1.54) is 41.6 Å². The predicted octanol–water partition coefficient (Wildman–Crippen LogP) is 8.04. The number of rotatable bonds is 8. The normalized spacial score (nSPS) is 12.1. The molecule has 0 saturated heterocycles. The van der Waals surface area contributed by atoms with Crippen molar-refractivity contribution < 1.29 is 15.1 Å². The Bertz CT molecular complexity index is 692. The van der Waals surface area contributed by atoms with Crippen LogP contribution >= 0.6 is 27.3 Å². The minimum Gasteiger partial charge on any atom is -0.0620 e. The number of benzene rings is 3. The third-order valence-corrected chi connectivity index (χ3v) is 7.56.